The highest BCUT2D eigenvalue weighted by atomic mass is 32.2. The molecule has 3 heteroatoms. The molecule has 0 saturated carbocycles. The van der Waals surface area contributed by atoms with Crippen molar-refractivity contribution in [2.45, 2.75) is 52.3 Å². The number of nitrogens with one attached hydrogen (secondary N) is 1. The first-order chi connectivity index (χ1) is 9.45. The summed E-state index contributed by atoms with van der Waals surface area (Å²) in [7, 11) is -0.797. The van der Waals surface area contributed by atoms with E-state index in [1.165, 1.54) is 11.1 Å². The lowest BCUT2D eigenvalue weighted by molar-refractivity contribution is 0.558. The average Bonchev–Trinajstić information content (AvgIpc) is 2.43. The monoisotopic (exact) mass is 295 g/mol. The lowest BCUT2D eigenvalue weighted by atomic mass is 10.1. The molecule has 0 aliphatic heterocycles. The van der Waals surface area contributed by atoms with E-state index in [0.29, 0.717) is 11.7 Å². The fourth-order valence-corrected chi connectivity index (χ4v) is 3.56. The van der Waals surface area contributed by atoms with Gasteiger partial charge in [-0.1, -0.05) is 57.5 Å². The van der Waals surface area contributed by atoms with Crippen molar-refractivity contribution in [1.29, 1.82) is 0 Å². The van der Waals surface area contributed by atoms with E-state index < -0.39 is 10.8 Å². The fraction of sp³-hybridized carbons (Fsp3) is 0.647. The minimum absolute atomic E-state index is 0.192. The standard InChI is InChI=1S/C17H29NOS/c1-6-11-18-17(12-20(19)15(5)13(2)3)16-9-7-14(4)8-10-16/h7-10,13,15,17-18H,6,11-12H2,1-5H3. The van der Waals surface area contributed by atoms with Crippen LogP contribution in [0, 0.1) is 12.8 Å². The third kappa shape index (κ3) is 5.37. The van der Waals surface area contributed by atoms with Crippen molar-refractivity contribution in [2.24, 2.45) is 5.92 Å². The van der Waals surface area contributed by atoms with E-state index in [-0.39, 0.29) is 11.3 Å². The Morgan fingerprint density at radius 2 is 1.75 bits per heavy atom. The van der Waals surface area contributed by atoms with E-state index in [1.54, 1.807) is 0 Å². The molecule has 0 amide bonds. The number of hydrogen-bond acceptors (Lipinski definition) is 2. The molecule has 3 unspecified atom stereocenters. The molecule has 0 aliphatic carbocycles. The Balaban J connectivity index is 2.79. The largest absolute Gasteiger partial charge is 0.309 e. The van der Waals surface area contributed by atoms with Gasteiger partial charge in [0, 0.05) is 27.8 Å². The van der Waals surface area contributed by atoms with Crippen molar-refractivity contribution in [3.63, 3.8) is 0 Å². The maximum Gasteiger partial charge on any atom is 0.0436 e. The molecular weight excluding hydrogens is 266 g/mol. The fourth-order valence-electron chi connectivity index (χ4n) is 2.01. The zero-order chi connectivity index (χ0) is 15.1. The molecule has 20 heavy (non-hydrogen) atoms. The number of hydrogen-bond donors (Lipinski definition) is 1. The summed E-state index contributed by atoms with van der Waals surface area (Å²) in [5, 5.41) is 3.78. The number of benzene rings is 1. The highest BCUT2D eigenvalue weighted by Gasteiger charge is 2.20. The zero-order valence-corrected chi connectivity index (χ0v) is 14.3. The molecule has 3 atom stereocenters. The van der Waals surface area contributed by atoms with Gasteiger partial charge in [-0.05, 0) is 31.4 Å². The van der Waals surface area contributed by atoms with Crippen LogP contribution in [0.5, 0.6) is 0 Å². The molecule has 2 nitrogen and oxygen atoms in total. The van der Waals surface area contributed by atoms with Crippen LogP contribution < -0.4 is 5.32 Å². The molecule has 0 spiro atoms. The van der Waals surface area contributed by atoms with Gasteiger partial charge in [0.05, 0.1) is 0 Å². The Labute approximate surface area is 126 Å². The highest BCUT2D eigenvalue weighted by Crippen LogP contribution is 2.18. The second-order valence-corrected chi connectivity index (χ2v) is 7.75. The molecular formula is C17H29NOS. The quantitative estimate of drug-likeness (QED) is 0.790. The summed E-state index contributed by atoms with van der Waals surface area (Å²) in [6.45, 7) is 11.6. The van der Waals surface area contributed by atoms with E-state index in [2.05, 4.69) is 64.2 Å². The molecule has 1 aromatic carbocycles. The van der Waals surface area contributed by atoms with Gasteiger partial charge in [0.2, 0.25) is 0 Å². The maximum atomic E-state index is 12.5. The SMILES string of the molecule is CCCNC(CS(=O)C(C)C(C)C)c1ccc(C)cc1. The molecule has 0 bridgehead atoms. The molecule has 0 aromatic heterocycles. The van der Waals surface area contributed by atoms with Crippen LogP contribution in [0.3, 0.4) is 0 Å². The van der Waals surface area contributed by atoms with Crippen molar-refractivity contribution >= 4 is 10.8 Å². The Bertz CT molecular complexity index is 414. The zero-order valence-electron chi connectivity index (χ0n) is 13.5. The normalized spacial score (nSPS) is 16.1. The van der Waals surface area contributed by atoms with Crippen LogP contribution in [0.25, 0.3) is 0 Å². The third-order valence-corrected chi connectivity index (χ3v) is 5.84. The van der Waals surface area contributed by atoms with E-state index in [4.69, 9.17) is 0 Å². The molecule has 0 aliphatic rings. The van der Waals surface area contributed by atoms with Gasteiger partial charge in [0.15, 0.2) is 0 Å². The van der Waals surface area contributed by atoms with Crippen LogP contribution in [-0.4, -0.2) is 21.8 Å². The van der Waals surface area contributed by atoms with Crippen molar-refractivity contribution < 1.29 is 4.21 Å². The highest BCUT2D eigenvalue weighted by molar-refractivity contribution is 7.85. The maximum absolute atomic E-state index is 12.5. The predicted molar refractivity (Wildman–Crippen MR) is 89.5 cm³/mol. The molecule has 0 saturated heterocycles. The van der Waals surface area contributed by atoms with Crippen LogP contribution in [0.2, 0.25) is 0 Å². The van der Waals surface area contributed by atoms with Crippen LogP contribution >= 0.6 is 0 Å². The molecule has 1 rings (SSSR count). The van der Waals surface area contributed by atoms with Crippen molar-refractivity contribution in [3.05, 3.63) is 35.4 Å². The molecule has 1 aromatic rings. The lowest BCUT2D eigenvalue weighted by Crippen LogP contribution is -2.31. The summed E-state index contributed by atoms with van der Waals surface area (Å²) < 4.78 is 12.5. The lowest BCUT2D eigenvalue weighted by Gasteiger charge is -2.22. The van der Waals surface area contributed by atoms with Crippen molar-refractivity contribution in [2.75, 3.05) is 12.3 Å². The van der Waals surface area contributed by atoms with Gasteiger partial charge in [-0.3, -0.25) is 4.21 Å². The molecule has 0 radical (unpaired) electrons. The molecule has 0 heterocycles. The van der Waals surface area contributed by atoms with Gasteiger partial charge in [0.25, 0.3) is 0 Å². The minimum atomic E-state index is -0.797. The Morgan fingerprint density at radius 1 is 1.15 bits per heavy atom. The van der Waals surface area contributed by atoms with Crippen molar-refractivity contribution in [1.82, 2.24) is 5.32 Å². The topological polar surface area (TPSA) is 29.1 Å². The summed E-state index contributed by atoms with van der Waals surface area (Å²) in [6, 6.07) is 8.76. The summed E-state index contributed by atoms with van der Waals surface area (Å²) in [5.74, 6) is 1.16. The second-order valence-electron chi connectivity index (χ2n) is 5.91. The summed E-state index contributed by atoms with van der Waals surface area (Å²) in [4.78, 5) is 0. The summed E-state index contributed by atoms with van der Waals surface area (Å²) in [6.07, 6.45) is 1.09. The summed E-state index contributed by atoms with van der Waals surface area (Å²) in [5.41, 5.74) is 2.51. The molecule has 114 valence electrons. The predicted octanol–water partition coefficient (Wildman–Crippen LogP) is 3.83. The second kappa shape index (κ2) is 8.58. The van der Waals surface area contributed by atoms with E-state index in [0.717, 1.165) is 13.0 Å². The summed E-state index contributed by atoms with van der Waals surface area (Å²) >= 11 is 0. The van der Waals surface area contributed by atoms with Gasteiger partial charge < -0.3 is 5.32 Å². The van der Waals surface area contributed by atoms with Crippen LogP contribution in [0.15, 0.2) is 24.3 Å². The first-order valence-corrected chi connectivity index (χ1v) is 9.01. The minimum Gasteiger partial charge on any atom is -0.309 e. The van der Waals surface area contributed by atoms with Crippen LogP contribution in [-0.2, 0) is 10.8 Å². The first-order valence-electron chi connectivity index (χ1n) is 7.62. The van der Waals surface area contributed by atoms with Gasteiger partial charge in [-0.2, -0.15) is 0 Å². The third-order valence-electron chi connectivity index (χ3n) is 3.80. The van der Waals surface area contributed by atoms with Crippen molar-refractivity contribution in [3.8, 4) is 0 Å². The Kier molecular flexibility index (Phi) is 7.46. The number of rotatable bonds is 8. The Hall–Kier alpha value is -0.670. The van der Waals surface area contributed by atoms with E-state index in [9.17, 15) is 4.21 Å². The van der Waals surface area contributed by atoms with E-state index >= 15 is 0 Å². The van der Waals surface area contributed by atoms with Gasteiger partial charge in [-0.25, -0.2) is 0 Å². The van der Waals surface area contributed by atoms with Gasteiger partial charge >= 0.3 is 0 Å². The van der Waals surface area contributed by atoms with Crippen LogP contribution in [0.4, 0.5) is 0 Å². The number of aryl methyl sites for hydroxylation is 1. The van der Waals surface area contributed by atoms with Gasteiger partial charge in [-0.15, -0.1) is 0 Å². The Morgan fingerprint density at radius 3 is 2.25 bits per heavy atom. The smallest absolute Gasteiger partial charge is 0.0436 e. The van der Waals surface area contributed by atoms with E-state index in [1.807, 2.05) is 0 Å². The molecule has 0 fully saturated rings. The van der Waals surface area contributed by atoms with Gasteiger partial charge in [0.1, 0.15) is 0 Å². The first kappa shape index (κ1) is 17.4. The average molecular weight is 295 g/mol. The van der Waals surface area contributed by atoms with Crippen LogP contribution in [0.1, 0.15) is 51.3 Å². The molecule has 1 N–H and O–H groups in total.